The largest absolute Gasteiger partial charge is 0.497 e. The molecule has 0 spiro atoms. The number of carbonyl (C=O) groups excluding carboxylic acids is 3. The Labute approximate surface area is 166 Å². The number of carbonyl (C=O) groups is 3. The number of alkyl halides is 3. The number of hydrogen-bond acceptors (Lipinski definition) is 5. The highest BCUT2D eigenvalue weighted by molar-refractivity contribution is 5.96. The third-order valence-electron chi connectivity index (χ3n) is 4.55. The average Bonchev–Trinajstić information content (AvgIpc) is 3.52. The lowest BCUT2D eigenvalue weighted by Crippen LogP contribution is -2.47. The summed E-state index contributed by atoms with van der Waals surface area (Å²) < 4.78 is 48.1. The first-order valence-electron chi connectivity index (χ1n) is 9.05. The first-order chi connectivity index (χ1) is 13.6. The summed E-state index contributed by atoms with van der Waals surface area (Å²) in [4.78, 5) is 36.7. The minimum absolute atomic E-state index is 0.0270. The second kappa shape index (κ2) is 9.62. The number of methoxy groups -OCH3 is 1. The van der Waals surface area contributed by atoms with E-state index in [0.29, 0.717) is 10.6 Å². The lowest BCUT2D eigenvalue weighted by atomic mass is 10.2. The fourth-order valence-corrected chi connectivity index (χ4v) is 2.78. The molecule has 1 aliphatic carbocycles. The van der Waals surface area contributed by atoms with Crippen LogP contribution in [0.1, 0.15) is 30.1 Å². The highest BCUT2D eigenvalue weighted by Crippen LogP contribution is 2.36. The van der Waals surface area contributed by atoms with Crippen LogP contribution < -0.4 is 10.1 Å². The van der Waals surface area contributed by atoms with Crippen LogP contribution in [0.4, 0.5) is 13.2 Å². The van der Waals surface area contributed by atoms with E-state index in [9.17, 15) is 27.6 Å². The number of rotatable bonds is 9. The van der Waals surface area contributed by atoms with Gasteiger partial charge in [-0.2, -0.15) is 13.2 Å². The number of nitrogens with one attached hydrogen (secondary N) is 1. The predicted molar refractivity (Wildman–Crippen MR) is 96.2 cm³/mol. The van der Waals surface area contributed by atoms with Gasteiger partial charge in [0.15, 0.2) is 6.61 Å². The van der Waals surface area contributed by atoms with E-state index in [0.717, 1.165) is 12.8 Å². The smallest absolute Gasteiger partial charge is 0.406 e. The van der Waals surface area contributed by atoms with Gasteiger partial charge in [0.1, 0.15) is 18.8 Å². The van der Waals surface area contributed by atoms with Gasteiger partial charge in [0, 0.05) is 11.6 Å². The lowest BCUT2D eigenvalue weighted by Gasteiger charge is -2.30. The zero-order chi connectivity index (χ0) is 21.6. The fourth-order valence-electron chi connectivity index (χ4n) is 2.78. The Morgan fingerprint density at radius 2 is 1.97 bits per heavy atom. The molecule has 29 heavy (non-hydrogen) atoms. The molecule has 0 heterocycles. The molecule has 0 radical (unpaired) electrons. The number of amides is 2. The molecule has 10 heteroatoms. The van der Waals surface area contributed by atoms with Gasteiger partial charge in [-0.25, -0.2) is 0 Å². The normalized spacial score (nSPS) is 14.7. The van der Waals surface area contributed by atoms with Gasteiger partial charge in [0.05, 0.1) is 7.11 Å². The number of benzene rings is 1. The van der Waals surface area contributed by atoms with Gasteiger partial charge in [0.25, 0.3) is 11.8 Å². The van der Waals surface area contributed by atoms with Gasteiger partial charge >= 0.3 is 12.1 Å². The number of nitrogens with zero attached hydrogens (tertiary/aromatic N) is 1. The van der Waals surface area contributed by atoms with Gasteiger partial charge in [-0.05, 0) is 43.9 Å². The minimum atomic E-state index is -4.55. The molecule has 0 bridgehead atoms. The third kappa shape index (κ3) is 7.28. The molecule has 0 aliphatic heterocycles. The Morgan fingerprint density at radius 3 is 2.55 bits per heavy atom. The van der Waals surface area contributed by atoms with Crippen molar-refractivity contribution in [3.05, 3.63) is 29.8 Å². The Balaban J connectivity index is 1.83. The van der Waals surface area contributed by atoms with Crippen LogP contribution in [-0.2, 0) is 14.3 Å². The molecule has 1 fully saturated rings. The van der Waals surface area contributed by atoms with Crippen molar-refractivity contribution in [2.45, 2.75) is 32.0 Å². The van der Waals surface area contributed by atoms with E-state index in [1.807, 2.05) is 0 Å². The number of halogens is 3. The zero-order valence-corrected chi connectivity index (χ0v) is 16.1. The average molecular weight is 416 g/mol. The molecule has 1 N–H and O–H groups in total. The SMILES string of the molecule is COc1cccc(C(=O)NCC(=O)OCC(=O)N(CC(F)(F)F)[C@@H](C)C2CC2)c1. The Hall–Kier alpha value is -2.78. The summed E-state index contributed by atoms with van der Waals surface area (Å²) in [6.45, 7) is -1.19. The van der Waals surface area contributed by atoms with Crippen LogP contribution in [0.5, 0.6) is 5.75 Å². The van der Waals surface area contributed by atoms with Crippen molar-refractivity contribution < 1.29 is 37.0 Å². The zero-order valence-electron chi connectivity index (χ0n) is 16.1. The van der Waals surface area contributed by atoms with Crippen LogP contribution in [0.2, 0.25) is 0 Å². The van der Waals surface area contributed by atoms with Crippen LogP contribution >= 0.6 is 0 Å². The summed E-state index contributed by atoms with van der Waals surface area (Å²) in [6.07, 6.45) is -3.02. The minimum Gasteiger partial charge on any atom is -0.497 e. The van der Waals surface area contributed by atoms with Crippen molar-refractivity contribution >= 4 is 17.8 Å². The van der Waals surface area contributed by atoms with Crippen molar-refractivity contribution in [2.75, 3.05) is 26.8 Å². The van der Waals surface area contributed by atoms with E-state index >= 15 is 0 Å². The van der Waals surface area contributed by atoms with Crippen LogP contribution in [0.3, 0.4) is 0 Å². The molecule has 0 aromatic heterocycles. The van der Waals surface area contributed by atoms with Gasteiger partial charge in [-0.3, -0.25) is 14.4 Å². The molecule has 0 saturated heterocycles. The highest BCUT2D eigenvalue weighted by Gasteiger charge is 2.40. The maximum Gasteiger partial charge on any atom is 0.406 e. The topological polar surface area (TPSA) is 84.9 Å². The van der Waals surface area contributed by atoms with E-state index in [2.05, 4.69) is 5.32 Å². The maximum atomic E-state index is 12.8. The monoisotopic (exact) mass is 416 g/mol. The summed E-state index contributed by atoms with van der Waals surface area (Å²) >= 11 is 0. The van der Waals surface area contributed by atoms with Crippen LogP contribution in [0.25, 0.3) is 0 Å². The van der Waals surface area contributed by atoms with E-state index in [1.54, 1.807) is 19.1 Å². The Bertz CT molecular complexity index is 750. The van der Waals surface area contributed by atoms with Crippen molar-refractivity contribution in [2.24, 2.45) is 5.92 Å². The molecule has 7 nitrogen and oxygen atoms in total. The molecule has 1 atom stereocenters. The second-order valence-corrected chi connectivity index (χ2v) is 6.79. The quantitative estimate of drug-likeness (QED) is 0.624. The van der Waals surface area contributed by atoms with E-state index in [1.165, 1.54) is 19.2 Å². The molecule has 0 unspecified atom stereocenters. The summed E-state index contributed by atoms with van der Waals surface area (Å²) in [5, 5.41) is 2.32. The van der Waals surface area contributed by atoms with Crippen molar-refractivity contribution in [3.8, 4) is 5.75 Å². The summed E-state index contributed by atoms with van der Waals surface area (Å²) in [6, 6.07) is 5.64. The van der Waals surface area contributed by atoms with Crippen molar-refractivity contribution in [3.63, 3.8) is 0 Å². The standard InChI is InChI=1S/C19H23F3N2O5/c1-12(13-6-7-13)24(11-19(20,21)22)16(25)10-29-17(26)9-23-18(27)14-4-3-5-15(8-14)28-2/h3-5,8,12-13H,6-7,9-11H2,1-2H3,(H,23,27)/t12-/m0/s1. The maximum absolute atomic E-state index is 12.8. The fraction of sp³-hybridized carbons (Fsp3) is 0.526. The summed E-state index contributed by atoms with van der Waals surface area (Å²) in [7, 11) is 1.44. The van der Waals surface area contributed by atoms with E-state index < -0.39 is 49.7 Å². The number of esters is 1. The van der Waals surface area contributed by atoms with Crippen LogP contribution in [0, 0.1) is 5.92 Å². The third-order valence-corrected chi connectivity index (χ3v) is 4.55. The van der Waals surface area contributed by atoms with Gasteiger partial charge in [0.2, 0.25) is 0 Å². The summed E-state index contributed by atoms with van der Waals surface area (Å²) in [5.41, 5.74) is 0.253. The molecule has 160 valence electrons. The molecular weight excluding hydrogens is 393 g/mol. The first-order valence-corrected chi connectivity index (χ1v) is 9.05. The lowest BCUT2D eigenvalue weighted by molar-refractivity contribution is -0.170. The van der Waals surface area contributed by atoms with Gasteiger partial charge in [-0.15, -0.1) is 0 Å². The van der Waals surface area contributed by atoms with Gasteiger partial charge < -0.3 is 19.7 Å². The van der Waals surface area contributed by atoms with Gasteiger partial charge in [-0.1, -0.05) is 6.07 Å². The van der Waals surface area contributed by atoms with Crippen molar-refractivity contribution in [1.29, 1.82) is 0 Å². The molecule has 2 amide bonds. The molecule has 1 saturated carbocycles. The molecule has 1 aliphatic rings. The van der Waals surface area contributed by atoms with Crippen molar-refractivity contribution in [1.82, 2.24) is 10.2 Å². The highest BCUT2D eigenvalue weighted by atomic mass is 19.4. The van der Waals surface area contributed by atoms with E-state index in [-0.39, 0.29) is 11.5 Å². The second-order valence-electron chi connectivity index (χ2n) is 6.79. The van der Waals surface area contributed by atoms with Crippen LogP contribution in [0.15, 0.2) is 24.3 Å². The molecular formula is C19H23F3N2O5. The number of hydrogen-bond donors (Lipinski definition) is 1. The number of ether oxygens (including phenoxy) is 2. The molecule has 1 aromatic carbocycles. The Kier molecular flexibility index (Phi) is 7.46. The van der Waals surface area contributed by atoms with E-state index in [4.69, 9.17) is 9.47 Å². The Morgan fingerprint density at radius 1 is 1.28 bits per heavy atom. The molecule has 2 rings (SSSR count). The first kappa shape index (κ1) is 22.5. The molecule has 1 aromatic rings. The predicted octanol–water partition coefficient (Wildman–Crippen LogP) is 2.16. The van der Waals surface area contributed by atoms with Crippen LogP contribution in [-0.4, -0.2) is 61.7 Å². The summed E-state index contributed by atoms with van der Waals surface area (Å²) in [5.74, 6) is -1.93.